The third kappa shape index (κ3) is 1.28. The van der Waals surface area contributed by atoms with Gasteiger partial charge in [0.25, 0.3) is 0 Å². The van der Waals surface area contributed by atoms with E-state index in [1.54, 1.807) is 0 Å². The predicted molar refractivity (Wildman–Crippen MR) is 56.7 cm³/mol. The second-order valence-electron chi connectivity index (χ2n) is 5.54. The Bertz CT molecular complexity index is 354. The van der Waals surface area contributed by atoms with Crippen molar-refractivity contribution in [2.45, 2.75) is 44.7 Å². The molecular formula is C12H17NO3. The molecule has 2 bridgehead atoms. The third-order valence-corrected chi connectivity index (χ3v) is 4.54. The molecule has 3 aliphatic rings. The Hall–Kier alpha value is -1.06. The van der Waals surface area contributed by atoms with Crippen molar-refractivity contribution < 1.29 is 14.7 Å². The van der Waals surface area contributed by atoms with Crippen LogP contribution in [0.25, 0.3) is 0 Å². The summed E-state index contributed by atoms with van der Waals surface area (Å²) in [6, 6.07) is 0.203. The highest BCUT2D eigenvalue weighted by atomic mass is 16.4. The zero-order chi connectivity index (χ0) is 11.4. The van der Waals surface area contributed by atoms with Gasteiger partial charge in [0.05, 0.1) is 5.92 Å². The van der Waals surface area contributed by atoms with Gasteiger partial charge in [-0.05, 0) is 31.6 Å². The minimum Gasteiger partial charge on any atom is -0.481 e. The molecule has 4 heteroatoms. The topological polar surface area (TPSA) is 57.6 Å². The van der Waals surface area contributed by atoms with Gasteiger partial charge in [-0.3, -0.25) is 9.59 Å². The maximum atomic E-state index is 12.2. The monoisotopic (exact) mass is 223 g/mol. The van der Waals surface area contributed by atoms with Gasteiger partial charge in [-0.25, -0.2) is 0 Å². The number of amides is 1. The average molecular weight is 223 g/mol. The highest BCUT2D eigenvalue weighted by Gasteiger charge is 2.54. The molecular weight excluding hydrogens is 206 g/mol. The summed E-state index contributed by atoms with van der Waals surface area (Å²) in [7, 11) is 0. The number of hydrogen-bond donors (Lipinski definition) is 1. The van der Waals surface area contributed by atoms with Crippen LogP contribution in [0, 0.1) is 17.8 Å². The molecule has 3 rings (SSSR count). The SMILES string of the molecule is CC1CC1C(=O)N1C2CCC1C(C(=O)O)C2. The molecule has 2 aliphatic heterocycles. The molecule has 0 aromatic carbocycles. The smallest absolute Gasteiger partial charge is 0.308 e. The molecule has 5 atom stereocenters. The van der Waals surface area contributed by atoms with Crippen molar-refractivity contribution in [3.8, 4) is 0 Å². The fourth-order valence-electron chi connectivity index (χ4n) is 3.46. The van der Waals surface area contributed by atoms with E-state index in [0.29, 0.717) is 12.3 Å². The molecule has 0 aromatic heterocycles. The fourth-order valence-corrected chi connectivity index (χ4v) is 3.46. The van der Waals surface area contributed by atoms with Crippen molar-refractivity contribution in [3.05, 3.63) is 0 Å². The van der Waals surface area contributed by atoms with Crippen LogP contribution in [0.5, 0.6) is 0 Å². The van der Waals surface area contributed by atoms with Crippen LogP contribution in [0.2, 0.25) is 0 Å². The normalized spacial score (nSPS) is 44.8. The van der Waals surface area contributed by atoms with Gasteiger partial charge in [0.15, 0.2) is 0 Å². The summed E-state index contributed by atoms with van der Waals surface area (Å²) in [5.74, 6) is -0.110. The van der Waals surface area contributed by atoms with E-state index >= 15 is 0 Å². The zero-order valence-corrected chi connectivity index (χ0v) is 9.43. The first-order chi connectivity index (χ1) is 7.59. The van der Waals surface area contributed by atoms with E-state index in [4.69, 9.17) is 5.11 Å². The fraction of sp³-hybridized carbons (Fsp3) is 0.833. The van der Waals surface area contributed by atoms with E-state index in [-0.39, 0.29) is 29.8 Å². The molecule has 1 N–H and O–H groups in total. The number of fused-ring (bicyclic) bond motifs is 2. The van der Waals surface area contributed by atoms with Crippen LogP contribution in [-0.4, -0.2) is 34.0 Å². The van der Waals surface area contributed by atoms with E-state index in [1.165, 1.54) is 0 Å². The van der Waals surface area contributed by atoms with Gasteiger partial charge >= 0.3 is 5.97 Å². The summed E-state index contributed by atoms with van der Waals surface area (Å²) < 4.78 is 0. The quantitative estimate of drug-likeness (QED) is 0.762. The molecule has 2 saturated heterocycles. The lowest BCUT2D eigenvalue weighted by Gasteiger charge is -2.23. The second-order valence-corrected chi connectivity index (χ2v) is 5.54. The Labute approximate surface area is 94.6 Å². The lowest BCUT2D eigenvalue weighted by atomic mass is 9.89. The minimum atomic E-state index is -0.728. The van der Waals surface area contributed by atoms with E-state index in [1.807, 2.05) is 4.90 Å². The standard InChI is InChI=1S/C12H17NO3/c1-6-4-8(6)11(14)13-7-2-3-10(13)9(5-7)12(15)16/h6-10H,2-5H2,1H3,(H,15,16). The number of nitrogens with zero attached hydrogens (tertiary/aromatic N) is 1. The van der Waals surface area contributed by atoms with Crippen LogP contribution >= 0.6 is 0 Å². The van der Waals surface area contributed by atoms with Gasteiger partial charge in [-0.15, -0.1) is 0 Å². The van der Waals surface area contributed by atoms with Crippen LogP contribution in [0.4, 0.5) is 0 Å². The molecule has 1 saturated carbocycles. The summed E-state index contributed by atoms with van der Waals surface area (Å²) in [4.78, 5) is 25.2. The molecule has 88 valence electrons. The molecule has 0 radical (unpaired) electrons. The van der Waals surface area contributed by atoms with Crippen molar-refractivity contribution in [2.24, 2.45) is 17.8 Å². The molecule has 1 amide bonds. The van der Waals surface area contributed by atoms with Gasteiger partial charge in [0.2, 0.25) is 5.91 Å². The van der Waals surface area contributed by atoms with E-state index in [2.05, 4.69) is 6.92 Å². The summed E-state index contributed by atoms with van der Waals surface area (Å²) in [5.41, 5.74) is 0. The number of rotatable bonds is 2. The van der Waals surface area contributed by atoms with Crippen LogP contribution in [0.1, 0.15) is 32.6 Å². The van der Waals surface area contributed by atoms with Crippen LogP contribution < -0.4 is 0 Å². The molecule has 0 aromatic rings. The van der Waals surface area contributed by atoms with Crippen LogP contribution in [0.3, 0.4) is 0 Å². The van der Waals surface area contributed by atoms with Gasteiger partial charge in [-0.1, -0.05) is 6.92 Å². The molecule has 1 aliphatic carbocycles. The maximum Gasteiger partial charge on any atom is 0.308 e. The molecule has 0 spiro atoms. The lowest BCUT2D eigenvalue weighted by Crippen LogP contribution is -2.39. The first-order valence-corrected chi connectivity index (χ1v) is 6.14. The highest BCUT2D eigenvalue weighted by Crippen LogP contribution is 2.47. The highest BCUT2D eigenvalue weighted by molar-refractivity contribution is 5.84. The Balaban J connectivity index is 1.77. The Morgan fingerprint density at radius 2 is 1.88 bits per heavy atom. The first kappa shape index (κ1) is 10.1. The van der Waals surface area contributed by atoms with Crippen molar-refractivity contribution in [1.29, 1.82) is 0 Å². The molecule has 4 nitrogen and oxygen atoms in total. The molecule has 3 fully saturated rings. The number of carbonyl (C=O) groups is 2. The summed E-state index contributed by atoms with van der Waals surface area (Å²) in [6.45, 7) is 2.09. The lowest BCUT2D eigenvalue weighted by molar-refractivity contribution is -0.143. The molecule has 5 unspecified atom stereocenters. The summed E-state index contributed by atoms with van der Waals surface area (Å²) >= 11 is 0. The van der Waals surface area contributed by atoms with Crippen molar-refractivity contribution in [2.75, 3.05) is 0 Å². The Morgan fingerprint density at radius 1 is 1.19 bits per heavy atom. The molecule has 16 heavy (non-hydrogen) atoms. The van der Waals surface area contributed by atoms with Gasteiger partial charge in [0, 0.05) is 18.0 Å². The second kappa shape index (κ2) is 3.22. The summed E-state index contributed by atoms with van der Waals surface area (Å²) in [5, 5.41) is 9.10. The first-order valence-electron chi connectivity index (χ1n) is 6.14. The number of carboxylic acids is 1. The van der Waals surface area contributed by atoms with Crippen LogP contribution in [0.15, 0.2) is 0 Å². The van der Waals surface area contributed by atoms with Crippen molar-refractivity contribution >= 4 is 11.9 Å². The van der Waals surface area contributed by atoms with E-state index in [0.717, 1.165) is 19.3 Å². The maximum absolute atomic E-state index is 12.2. The number of hydrogen-bond acceptors (Lipinski definition) is 2. The number of carboxylic acid groups (broad SMARTS) is 1. The number of aliphatic carboxylic acids is 1. The molecule has 2 heterocycles. The predicted octanol–water partition coefficient (Wildman–Crippen LogP) is 1.11. The van der Waals surface area contributed by atoms with Crippen LogP contribution in [-0.2, 0) is 9.59 Å². The van der Waals surface area contributed by atoms with Gasteiger partial charge in [0.1, 0.15) is 0 Å². The largest absolute Gasteiger partial charge is 0.481 e. The number of carbonyl (C=O) groups excluding carboxylic acids is 1. The van der Waals surface area contributed by atoms with Gasteiger partial charge in [-0.2, -0.15) is 0 Å². The van der Waals surface area contributed by atoms with Crippen molar-refractivity contribution in [1.82, 2.24) is 4.90 Å². The Morgan fingerprint density at radius 3 is 2.38 bits per heavy atom. The average Bonchev–Trinajstić information content (AvgIpc) is 2.73. The third-order valence-electron chi connectivity index (χ3n) is 4.54. The minimum absolute atomic E-state index is 0.0113. The Kier molecular flexibility index (Phi) is 2.03. The van der Waals surface area contributed by atoms with E-state index in [9.17, 15) is 9.59 Å². The van der Waals surface area contributed by atoms with Gasteiger partial charge < -0.3 is 10.0 Å². The zero-order valence-electron chi connectivity index (χ0n) is 9.43. The van der Waals surface area contributed by atoms with Crippen molar-refractivity contribution in [3.63, 3.8) is 0 Å². The summed E-state index contributed by atoms with van der Waals surface area (Å²) in [6.07, 6.45) is 3.55. The van der Waals surface area contributed by atoms with E-state index < -0.39 is 5.97 Å².